The molecule has 1 amide bonds. The quantitative estimate of drug-likeness (QED) is 0.537. The van der Waals surface area contributed by atoms with E-state index in [2.05, 4.69) is 4.90 Å². The number of hydrogen-bond acceptors (Lipinski definition) is 2. The molecule has 3 nitrogen and oxygen atoms in total. The minimum Gasteiger partial charge on any atom is -0.369 e. The monoisotopic (exact) mass is 140 g/mol. The Morgan fingerprint density at radius 2 is 2.40 bits per heavy atom. The van der Waals surface area contributed by atoms with Crippen LogP contribution in [0.4, 0.5) is 0 Å². The van der Waals surface area contributed by atoms with E-state index in [4.69, 9.17) is 5.73 Å². The second-order valence-electron chi connectivity index (χ2n) is 3.27. The van der Waals surface area contributed by atoms with Gasteiger partial charge in [-0.2, -0.15) is 0 Å². The van der Waals surface area contributed by atoms with Gasteiger partial charge in [0, 0.05) is 12.6 Å². The molecule has 2 unspecified atom stereocenters. The van der Waals surface area contributed by atoms with Gasteiger partial charge in [-0.25, -0.2) is 0 Å². The summed E-state index contributed by atoms with van der Waals surface area (Å²) in [7, 11) is 0. The number of primary amides is 1. The zero-order valence-electron chi connectivity index (χ0n) is 5.92. The predicted molar refractivity (Wildman–Crippen MR) is 37.3 cm³/mol. The van der Waals surface area contributed by atoms with Crippen molar-refractivity contribution in [1.82, 2.24) is 4.90 Å². The molecule has 2 heterocycles. The van der Waals surface area contributed by atoms with Gasteiger partial charge in [-0.05, 0) is 19.4 Å². The Morgan fingerprint density at radius 3 is 2.70 bits per heavy atom. The Kier molecular flexibility index (Phi) is 1.20. The van der Waals surface area contributed by atoms with Crippen molar-refractivity contribution in [2.45, 2.75) is 18.9 Å². The first kappa shape index (κ1) is 6.16. The number of nitrogens with two attached hydrogens (primary N) is 1. The lowest BCUT2D eigenvalue weighted by Crippen LogP contribution is -2.42. The number of carbonyl (C=O) groups is 1. The molecule has 56 valence electrons. The number of hydrogen-bond donors (Lipinski definition) is 1. The van der Waals surface area contributed by atoms with Crippen LogP contribution in [0, 0.1) is 5.92 Å². The Morgan fingerprint density at radius 1 is 1.60 bits per heavy atom. The van der Waals surface area contributed by atoms with Gasteiger partial charge in [0.25, 0.3) is 0 Å². The van der Waals surface area contributed by atoms with E-state index in [0.29, 0.717) is 6.04 Å². The van der Waals surface area contributed by atoms with E-state index in [-0.39, 0.29) is 11.8 Å². The number of carbonyl (C=O) groups excluding carboxylic acids is 1. The summed E-state index contributed by atoms with van der Waals surface area (Å²) in [6.07, 6.45) is 2.28. The first-order chi connectivity index (χ1) is 4.77. The van der Waals surface area contributed by atoms with E-state index in [1.807, 2.05) is 0 Å². The number of amides is 1. The summed E-state index contributed by atoms with van der Waals surface area (Å²) in [5, 5.41) is 0. The van der Waals surface area contributed by atoms with Crippen LogP contribution in [0.2, 0.25) is 0 Å². The first-order valence-electron chi connectivity index (χ1n) is 3.81. The third kappa shape index (κ3) is 0.736. The molecule has 0 aliphatic carbocycles. The molecule has 0 spiro atoms. The summed E-state index contributed by atoms with van der Waals surface area (Å²) >= 11 is 0. The summed E-state index contributed by atoms with van der Waals surface area (Å²) < 4.78 is 0. The molecule has 2 N–H and O–H groups in total. The smallest absolute Gasteiger partial charge is 0.221 e. The van der Waals surface area contributed by atoms with Crippen molar-refractivity contribution in [1.29, 1.82) is 0 Å². The summed E-state index contributed by atoms with van der Waals surface area (Å²) in [6, 6.07) is 0.692. The molecule has 2 fully saturated rings. The van der Waals surface area contributed by atoms with Crippen molar-refractivity contribution < 1.29 is 4.79 Å². The first-order valence-corrected chi connectivity index (χ1v) is 3.81. The van der Waals surface area contributed by atoms with Gasteiger partial charge >= 0.3 is 0 Å². The number of nitrogens with zero attached hydrogens (tertiary/aromatic N) is 1. The van der Waals surface area contributed by atoms with Crippen molar-refractivity contribution in [3.63, 3.8) is 0 Å². The van der Waals surface area contributed by atoms with Gasteiger partial charge in [0.15, 0.2) is 0 Å². The van der Waals surface area contributed by atoms with Crippen LogP contribution in [0.3, 0.4) is 0 Å². The predicted octanol–water partition coefficient (Wildman–Crippen LogP) is -0.434. The molecule has 3 heteroatoms. The standard InChI is InChI=1S/C7H12N2O/c8-7(10)5-3-6-1-2-9(6)4-5/h5-6H,1-4H2,(H2,8,10). The van der Waals surface area contributed by atoms with Crippen molar-refractivity contribution in [3.05, 3.63) is 0 Å². The van der Waals surface area contributed by atoms with Gasteiger partial charge in [0.05, 0.1) is 5.92 Å². The summed E-state index contributed by atoms with van der Waals surface area (Å²) in [5.74, 6) is 0.0295. The van der Waals surface area contributed by atoms with Crippen LogP contribution >= 0.6 is 0 Å². The second-order valence-corrected chi connectivity index (χ2v) is 3.27. The highest BCUT2D eigenvalue weighted by atomic mass is 16.1. The number of fused-ring (bicyclic) bond motifs is 1. The fraction of sp³-hybridized carbons (Fsp3) is 0.857. The molecule has 2 atom stereocenters. The van der Waals surface area contributed by atoms with Gasteiger partial charge in [-0.1, -0.05) is 0 Å². The zero-order chi connectivity index (χ0) is 7.14. The molecule has 0 aromatic heterocycles. The van der Waals surface area contributed by atoms with E-state index in [0.717, 1.165) is 13.0 Å². The van der Waals surface area contributed by atoms with Gasteiger partial charge in [0.2, 0.25) is 5.91 Å². The maximum absolute atomic E-state index is 10.7. The topological polar surface area (TPSA) is 46.3 Å². The summed E-state index contributed by atoms with van der Waals surface area (Å²) in [5.41, 5.74) is 5.18. The van der Waals surface area contributed by atoms with E-state index < -0.39 is 0 Å². The summed E-state index contributed by atoms with van der Waals surface area (Å²) in [4.78, 5) is 13.1. The maximum atomic E-state index is 10.7. The third-order valence-corrected chi connectivity index (χ3v) is 2.68. The van der Waals surface area contributed by atoms with Crippen LogP contribution in [-0.4, -0.2) is 29.9 Å². The lowest BCUT2D eigenvalue weighted by Gasteiger charge is -2.34. The lowest BCUT2D eigenvalue weighted by molar-refractivity contribution is -0.121. The maximum Gasteiger partial charge on any atom is 0.221 e. The molecule has 2 aliphatic heterocycles. The average Bonchev–Trinajstić information content (AvgIpc) is 2.09. The van der Waals surface area contributed by atoms with Crippen molar-refractivity contribution in [2.75, 3.05) is 13.1 Å². The third-order valence-electron chi connectivity index (χ3n) is 2.68. The Hall–Kier alpha value is -0.570. The minimum absolute atomic E-state index is 0.116. The molecule has 10 heavy (non-hydrogen) atoms. The molecular weight excluding hydrogens is 128 g/mol. The molecular formula is C7H12N2O. The highest BCUT2D eigenvalue weighted by molar-refractivity contribution is 5.77. The largest absolute Gasteiger partial charge is 0.369 e. The van der Waals surface area contributed by atoms with Gasteiger partial charge in [-0.15, -0.1) is 0 Å². The Labute approximate surface area is 60.2 Å². The molecule has 0 bridgehead atoms. The molecule has 0 aromatic carbocycles. The number of rotatable bonds is 1. The molecule has 0 saturated carbocycles. The zero-order valence-corrected chi connectivity index (χ0v) is 5.92. The normalized spacial score (nSPS) is 38.8. The second kappa shape index (κ2) is 1.95. The Bertz CT molecular complexity index is 157. The van der Waals surface area contributed by atoms with Gasteiger partial charge in [0.1, 0.15) is 0 Å². The van der Waals surface area contributed by atoms with Gasteiger partial charge < -0.3 is 5.73 Å². The molecule has 2 aliphatic rings. The molecule has 0 radical (unpaired) electrons. The average molecular weight is 140 g/mol. The molecule has 2 rings (SSSR count). The van der Waals surface area contributed by atoms with E-state index >= 15 is 0 Å². The molecule has 2 saturated heterocycles. The highest BCUT2D eigenvalue weighted by Crippen LogP contribution is 2.31. The fourth-order valence-corrected chi connectivity index (χ4v) is 1.89. The highest BCUT2D eigenvalue weighted by Gasteiger charge is 2.39. The van der Waals surface area contributed by atoms with Crippen LogP contribution in [0.5, 0.6) is 0 Å². The van der Waals surface area contributed by atoms with Crippen molar-refractivity contribution in [2.24, 2.45) is 11.7 Å². The van der Waals surface area contributed by atoms with E-state index in [1.165, 1.54) is 13.0 Å². The van der Waals surface area contributed by atoms with Crippen LogP contribution in [-0.2, 0) is 4.79 Å². The minimum atomic E-state index is -0.116. The summed E-state index contributed by atoms with van der Waals surface area (Å²) in [6.45, 7) is 2.09. The van der Waals surface area contributed by atoms with Crippen LogP contribution < -0.4 is 5.73 Å². The lowest BCUT2D eigenvalue weighted by atomic mass is 10.0. The van der Waals surface area contributed by atoms with Crippen molar-refractivity contribution >= 4 is 5.91 Å². The van der Waals surface area contributed by atoms with Gasteiger partial charge in [-0.3, -0.25) is 9.69 Å². The SMILES string of the molecule is NC(=O)C1CC2CCN2C1. The Balaban J connectivity index is 1.98. The van der Waals surface area contributed by atoms with Crippen LogP contribution in [0.1, 0.15) is 12.8 Å². The van der Waals surface area contributed by atoms with Crippen LogP contribution in [0.15, 0.2) is 0 Å². The van der Waals surface area contributed by atoms with E-state index in [1.54, 1.807) is 0 Å². The molecule has 0 aromatic rings. The van der Waals surface area contributed by atoms with Crippen molar-refractivity contribution in [3.8, 4) is 0 Å². The fourth-order valence-electron chi connectivity index (χ4n) is 1.89. The van der Waals surface area contributed by atoms with Crippen LogP contribution in [0.25, 0.3) is 0 Å². The van der Waals surface area contributed by atoms with E-state index in [9.17, 15) is 4.79 Å².